The molecular weight excluding hydrogens is 333 g/mol. The Bertz CT molecular complexity index is 693. The molecule has 0 saturated heterocycles. The van der Waals surface area contributed by atoms with Gasteiger partial charge in [-0.1, -0.05) is 6.07 Å². The number of anilines is 1. The summed E-state index contributed by atoms with van der Waals surface area (Å²) in [5.41, 5.74) is -0.258. The maximum atomic E-state index is 13.4. The van der Waals surface area contributed by atoms with Gasteiger partial charge in [-0.3, -0.25) is 19.9 Å². The van der Waals surface area contributed by atoms with Gasteiger partial charge in [0.25, 0.3) is 11.6 Å². The first-order valence-corrected chi connectivity index (χ1v) is 6.13. The van der Waals surface area contributed by atoms with Crippen LogP contribution in [0.1, 0.15) is 10.4 Å². The summed E-state index contributed by atoms with van der Waals surface area (Å²) in [6, 6.07) is 5.32. The molecule has 1 heterocycles. The number of pyridine rings is 1. The van der Waals surface area contributed by atoms with Gasteiger partial charge in [-0.2, -0.15) is 0 Å². The van der Waals surface area contributed by atoms with Crippen LogP contribution in [0.25, 0.3) is 0 Å². The Morgan fingerprint density at radius 3 is 2.80 bits per heavy atom. The quantitative estimate of drug-likeness (QED) is 0.687. The number of carbonyl (C=O) groups is 1. The maximum absolute atomic E-state index is 13.4. The molecule has 8 heteroatoms. The molecule has 1 N–H and O–H groups in total. The number of rotatable bonds is 3. The Morgan fingerprint density at radius 1 is 1.40 bits per heavy atom. The molecule has 0 bridgehead atoms. The average molecular weight is 340 g/mol. The van der Waals surface area contributed by atoms with E-state index in [1.54, 1.807) is 0 Å². The molecule has 2 rings (SSSR count). The van der Waals surface area contributed by atoms with Gasteiger partial charge in [0, 0.05) is 12.3 Å². The zero-order valence-corrected chi connectivity index (χ0v) is 11.4. The summed E-state index contributed by atoms with van der Waals surface area (Å²) >= 11 is 3.01. The van der Waals surface area contributed by atoms with Gasteiger partial charge in [0.2, 0.25) is 0 Å². The van der Waals surface area contributed by atoms with Crippen molar-refractivity contribution in [3.63, 3.8) is 0 Å². The fourth-order valence-corrected chi connectivity index (χ4v) is 2.09. The fourth-order valence-electron chi connectivity index (χ4n) is 1.50. The summed E-state index contributed by atoms with van der Waals surface area (Å²) < 4.78 is 13.4. The third-order valence-corrected chi connectivity index (χ3v) is 3.27. The second-order valence-corrected chi connectivity index (χ2v) is 4.50. The molecule has 0 saturated carbocycles. The third-order valence-electron chi connectivity index (χ3n) is 2.44. The number of carbonyl (C=O) groups excluding carboxylic acids is 1. The number of amides is 1. The van der Waals surface area contributed by atoms with Gasteiger partial charge in [-0.25, -0.2) is 4.39 Å². The van der Waals surface area contributed by atoms with Crippen LogP contribution < -0.4 is 5.32 Å². The number of nitro benzene ring substituents is 1. The van der Waals surface area contributed by atoms with Crippen molar-refractivity contribution in [3.05, 3.63) is 62.6 Å². The highest BCUT2D eigenvalue weighted by atomic mass is 79.9. The number of hydrogen-bond donors (Lipinski definition) is 1. The van der Waals surface area contributed by atoms with Gasteiger partial charge in [0.05, 0.1) is 22.4 Å². The first kappa shape index (κ1) is 14.1. The van der Waals surface area contributed by atoms with E-state index >= 15 is 0 Å². The Balaban J connectivity index is 2.33. The number of aromatic nitrogens is 1. The molecule has 102 valence electrons. The number of nitrogens with one attached hydrogen (secondary N) is 1. The van der Waals surface area contributed by atoms with Crippen molar-refractivity contribution >= 4 is 33.2 Å². The van der Waals surface area contributed by atoms with E-state index < -0.39 is 16.6 Å². The molecule has 0 atom stereocenters. The summed E-state index contributed by atoms with van der Waals surface area (Å²) in [6.07, 6.45) is 2.28. The van der Waals surface area contributed by atoms with Crippen LogP contribution in [0, 0.1) is 15.9 Å². The van der Waals surface area contributed by atoms with Crippen LogP contribution in [-0.4, -0.2) is 15.8 Å². The molecule has 6 nitrogen and oxygen atoms in total. The van der Waals surface area contributed by atoms with Crippen LogP contribution in [-0.2, 0) is 0 Å². The number of benzene rings is 1. The molecule has 0 aliphatic heterocycles. The van der Waals surface area contributed by atoms with E-state index in [0.29, 0.717) is 0 Å². The van der Waals surface area contributed by atoms with E-state index in [1.807, 2.05) is 0 Å². The second-order valence-electron chi connectivity index (χ2n) is 3.71. The Morgan fingerprint density at radius 2 is 2.15 bits per heavy atom. The molecule has 1 amide bonds. The van der Waals surface area contributed by atoms with Crippen LogP contribution in [0.2, 0.25) is 0 Å². The molecule has 0 fully saturated rings. The Hall–Kier alpha value is -2.35. The largest absolute Gasteiger partial charge is 0.319 e. The van der Waals surface area contributed by atoms with Gasteiger partial charge in [0.1, 0.15) is 4.47 Å². The van der Waals surface area contributed by atoms with Crippen molar-refractivity contribution in [2.24, 2.45) is 0 Å². The van der Waals surface area contributed by atoms with Gasteiger partial charge >= 0.3 is 0 Å². The topological polar surface area (TPSA) is 85.1 Å². The summed E-state index contributed by atoms with van der Waals surface area (Å²) in [4.78, 5) is 25.7. The van der Waals surface area contributed by atoms with Crippen LogP contribution >= 0.6 is 15.9 Å². The van der Waals surface area contributed by atoms with Crippen molar-refractivity contribution in [1.29, 1.82) is 0 Å². The summed E-state index contributed by atoms with van der Waals surface area (Å²) in [6.45, 7) is 0. The summed E-state index contributed by atoms with van der Waals surface area (Å²) in [5.74, 6) is -1.35. The number of nitrogens with zero attached hydrogens (tertiary/aromatic N) is 2. The highest BCUT2D eigenvalue weighted by Gasteiger charge is 2.20. The summed E-state index contributed by atoms with van der Waals surface area (Å²) in [7, 11) is 0. The molecule has 0 spiro atoms. The normalized spacial score (nSPS) is 10.1. The smallest absolute Gasteiger partial charge is 0.284 e. The highest BCUT2D eigenvalue weighted by molar-refractivity contribution is 9.10. The molecule has 0 unspecified atom stereocenters. The van der Waals surface area contributed by atoms with Crippen molar-refractivity contribution in [2.45, 2.75) is 0 Å². The van der Waals surface area contributed by atoms with Crippen LogP contribution in [0.4, 0.5) is 15.8 Å². The van der Waals surface area contributed by atoms with Gasteiger partial charge in [-0.05, 0) is 28.1 Å². The maximum Gasteiger partial charge on any atom is 0.284 e. The van der Waals surface area contributed by atoms with Crippen molar-refractivity contribution in [1.82, 2.24) is 4.98 Å². The molecule has 0 radical (unpaired) electrons. The molecule has 20 heavy (non-hydrogen) atoms. The van der Waals surface area contributed by atoms with Crippen molar-refractivity contribution in [3.8, 4) is 0 Å². The highest BCUT2D eigenvalue weighted by Crippen LogP contribution is 2.28. The predicted octanol–water partition coefficient (Wildman–Crippen LogP) is 3.14. The molecular formula is C12H7BrFN3O3. The molecule has 0 aliphatic rings. The SMILES string of the molecule is O=C(Nc1ccncc1F)c1cccc([N+](=O)[O-])c1Br. The minimum atomic E-state index is -0.692. The number of halogens is 2. The lowest BCUT2D eigenvalue weighted by Gasteiger charge is -2.07. The lowest BCUT2D eigenvalue weighted by Crippen LogP contribution is -2.14. The standard InChI is InChI=1S/C12H7BrFN3O3/c13-11-7(2-1-3-10(11)17(19)20)12(18)16-9-4-5-15-6-8(9)14/h1-6H,(H,15,16,18). The number of hydrogen-bond acceptors (Lipinski definition) is 4. The minimum Gasteiger partial charge on any atom is -0.319 e. The first-order chi connectivity index (χ1) is 9.50. The second kappa shape index (κ2) is 5.74. The Kier molecular flexibility index (Phi) is 4.04. The molecule has 2 aromatic rings. The van der Waals surface area contributed by atoms with Crippen molar-refractivity contribution < 1.29 is 14.1 Å². The van der Waals surface area contributed by atoms with E-state index in [1.165, 1.54) is 30.5 Å². The lowest BCUT2D eigenvalue weighted by molar-refractivity contribution is -0.385. The average Bonchev–Trinajstić information content (AvgIpc) is 2.41. The molecule has 1 aromatic carbocycles. The zero-order valence-electron chi connectivity index (χ0n) is 9.84. The van der Waals surface area contributed by atoms with Gasteiger partial charge in [-0.15, -0.1) is 0 Å². The first-order valence-electron chi connectivity index (χ1n) is 5.34. The van der Waals surface area contributed by atoms with Gasteiger partial charge < -0.3 is 5.32 Å². The van der Waals surface area contributed by atoms with E-state index in [4.69, 9.17) is 0 Å². The van der Waals surface area contributed by atoms with Crippen LogP contribution in [0.3, 0.4) is 0 Å². The van der Waals surface area contributed by atoms with E-state index in [-0.39, 0.29) is 21.4 Å². The van der Waals surface area contributed by atoms with Crippen molar-refractivity contribution in [2.75, 3.05) is 5.32 Å². The van der Waals surface area contributed by atoms with E-state index in [0.717, 1.165) is 6.20 Å². The zero-order chi connectivity index (χ0) is 14.7. The third kappa shape index (κ3) is 2.80. The fraction of sp³-hybridized carbons (Fsp3) is 0. The minimum absolute atomic E-state index is 0.0374. The van der Waals surface area contributed by atoms with Crippen LogP contribution in [0.15, 0.2) is 41.1 Å². The lowest BCUT2D eigenvalue weighted by atomic mass is 10.2. The van der Waals surface area contributed by atoms with Gasteiger partial charge in [0.15, 0.2) is 5.82 Å². The molecule has 0 aliphatic carbocycles. The van der Waals surface area contributed by atoms with Crippen LogP contribution in [0.5, 0.6) is 0 Å². The molecule has 1 aromatic heterocycles. The monoisotopic (exact) mass is 339 g/mol. The summed E-state index contributed by atoms with van der Waals surface area (Å²) in [5, 5.41) is 13.1. The predicted molar refractivity (Wildman–Crippen MR) is 72.9 cm³/mol. The number of nitro groups is 1. The Labute approximate surface area is 120 Å². The van der Waals surface area contributed by atoms with E-state index in [9.17, 15) is 19.3 Å². The van der Waals surface area contributed by atoms with E-state index in [2.05, 4.69) is 26.2 Å².